The Labute approximate surface area is 120 Å². The van der Waals surface area contributed by atoms with E-state index >= 15 is 0 Å². The van der Waals surface area contributed by atoms with Gasteiger partial charge < -0.3 is 9.26 Å². The van der Waals surface area contributed by atoms with Crippen LogP contribution in [-0.2, 0) is 23.6 Å². The predicted octanol–water partition coefficient (Wildman–Crippen LogP) is 1.19. The van der Waals surface area contributed by atoms with Crippen molar-refractivity contribution >= 4 is 17.6 Å². The van der Waals surface area contributed by atoms with Gasteiger partial charge in [0.25, 0.3) is 0 Å². The first-order chi connectivity index (χ1) is 9.69. The highest BCUT2D eigenvalue weighted by molar-refractivity contribution is 6.17. The summed E-state index contributed by atoms with van der Waals surface area (Å²) in [4.78, 5) is 15.9. The van der Waals surface area contributed by atoms with Gasteiger partial charge in [0.2, 0.25) is 5.89 Å². The number of nitrogens with zero attached hydrogens (tertiary/aromatic N) is 5. The van der Waals surface area contributed by atoms with Gasteiger partial charge in [-0.2, -0.15) is 4.98 Å². The Morgan fingerprint density at radius 3 is 2.85 bits per heavy atom. The smallest absolute Gasteiger partial charge is 0.360 e. The minimum atomic E-state index is -0.547. The molecule has 9 heteroatoms. The van der Waals surface area contributed by atoms with Gasteiger partial charge in [-0.3, -0.25) is 0 Å². The number of ether oxygens (including phenoxy) is 1. The van der Waals surface area contributed by atoms with Crippen molar-refractivity contribution in [1.29, 1.82) is 0 Å². The van der Waals surface area contributed by atoms with Crippen molar-refractivity contribution < 1.29 is 14.1 Å². The number of aromatic nitrogens is 5. The summed E-state index contributed by atoms with van der Waals surface area (Å²) in [6.45, 7) is 4.11. The van der Waals surface area contributed by atoms with Gasteiger partial charge >= 0.3 is 5.97 Å². The molecule has 0 saturated heterocycles. The second-order valence-electron chi connectivity index (χ2n) is 3.85. The largest absolute Gasteiger partial charge is 0.461 e. The number of hydrogen-bond acceptors (Lipinski definition) is 7. The topological polar surface area (TPSA) is 95.9 Å². The van der Waals surface area contributed by atoms with Crippen LogP contribution in [0.15, 0.2) is 4.52 Å². The Bertz CT molecular complexity index is 595. The normalized spacial score (nSPS) is 10.8. The first-order valence-corrected chi connectivity index (χ1v) is 6.69. The molecule has 0 aliphatic rings. The van der Waals surface area contributed by atoms with Crippen molar-refractivity contribution in [3.63, 3.8) is 0 Å². The monoisotopic (exact) mass is 299 g/mol. The summed E-state index contributed by atoms with van der Waals surface area (Å²) >= 11 is 5.85. The third-order valence-corrected chi connectivity index (χ3v) is 2.80. The number of carbonyl (C=O) groups excluding carboxylic acids is 1. The van der Waals surface area contributed by atoms with E-state index in [0.29, 0.717) is 23.8 Å². The van der Waals surface area contributed by atoms with Crippen LogP contribution in [0.1, 0.15) is 41.7 Å². The van der Waals surface area contributed by atoms with Crippen LogP contribution >= 0.6 is 11.6 Å². The summed E-state index contributed by atoms with van der Waals surface area (Å²) in [5.74, 6) is 0.525. The summed E-state index contributed by atoms with van der Waals surface area (Å²) in [6.07, 6.45) is 0.678. The highest BCUT2D eigenvalue weighted by atomic mass is 35.5. The zero-order chi connectivity index (χ0) is 14.5. The van der Waals surface area contributed by atoms with Crippen molar-refractivity contribution in [3.8, 4) is 0 Å². The minimum absolute atomic E-state index is 0.0793. The summed E-state index contributed by atoms with van der Waals surface area (Å²) in [7, 11) is 0. The Morgan fingerprint density at radius 1 is 1.45 bits per heavy atom. The number of aryl methyl sites for hydroxylation is 1. The van der Waals surface area contributed by atoms with Crippen molar-refractivity contribution in [2.45, 2.75) is 32.7 Å². The quantitative estimate of drug-likeness (QED) is 0.584. The molecular formula is C11H14ClN5O3. The first-order valence-electron chi connectivity index (χ1n) is 6.16. The maximum absolute atomic E-state index is 11.7. The van der Waals surface area contributed by atoms with Gasteiger partial charge in [-0.15, -0.1) is 16.7 Å². The summed E-state index contributed by atoms with van der Waals surface area (Å²) in [5.41, 5.74) is 0.568. The van der Waals surface area contributed by atoms with Crippen molar-refractivity contribution in [3.05, 3.63) is 23.1 Å². The molecule has 0 fully saturated rings. The fourth-order valence-electron chi connectivity index (χ4n) is 1.58. The second kappa shape index (κ2) is 6.47. The molecule has 2 aromatic rings. The molecule has 0 aliphatic carbocycles. The van der Waals surface area contributed by atoms with Gasteiger partial charge in [-0.05, 0) is 6.92 Å². The molecule has 0 spiro atoms. The average molecular weight is 300 g/mol. The lowest BCUT2D eigenvalue weighted by molar-refractivity contribution is 0.0518. The maximum atomic E-state index is 11.7. The van der Waals surface area contributed by atoms with E-state index in [2.05, 4.69) is 20.5 Å². The summed E-state index contributed by atoms with van der Waals surface area (Å²) in [5, 5.41) is 11.5. The van der Waals surface area contributed by atoms with Gasteiger partial charge in [0.1, 0.15) is 6.54 Å². The Hall–Kier alpha value is -1.96. The Morgan fingerprint density at radius 2 is 2.25 bits per heavy atom. The second-order valence-corrected chi connectivity index (χ2v) is 4.12. The number of hydrogen-bond donors (Lipinski definition) is 0. The molecular weight excluding hydrogens is 286 g/mol. The number of carbonyl (C=O) groups is 1. The van der Waals surface area contributed by atoms with E-state index in [0.717, 1.165) is 0 Å². The molecule has 0 atom stereocenters. The van der Waals surface area contributed by atoms with Crippen molar-refractivity contribution in [2.24, 2.45) is 0 Å². The Balaban J connectivity index is 2.21. The molecule has 20 heavy (non-hydrogen) atoms. The van der Waals surface area contributed by atoms with Gasteiger partial charge in [0, 0.05) is 6.42 Å². The molecule has 0 aromatic carbocycles. The fraction of sp³-hybridized carbons (Fsp3) is 0.545. The molecule has 0 aliphatic heterocycles. The average Bonchev–Trinajstić information content (AvgIpc) is 3.05. The molecule has 2 aromatic heterocycles. The van der Waals surface area contributed by atoms with Crippen LogP contribution in [0.3, 0.4) is 0 Å². The van der Waals surface area contributed by atoms with Gasteiger partial charge in [0.05, 0.1) is 18.2 Å². The zero-order valence-electron chi connectivity index (χ0n) is 11.2. The van der Waals surface area contributed by atoms with E-state index in [1.807, 2.05) is 6.92 Å². The number of halogens is 1. The van der Waals surface area contributed by atoms with Gasteiger partial charge in [-0.25, -0.2) is 9.48 Å². The van der Waals surface area contributed by atoms with E-state index < -0.39 is 5.97 Å². The highest BCUT2D eigenvalue weighted by Crippen LogP contribution is 2.12. The predicted molar refractivity (Wildman–Crippen MR) is 68.3 cm³/mol. The van der Waals surface area contributed by atoms with E-state index in [1.54, 1.807) is 6.92 Å². The summed E-state index contributed by atoms with van der Waals surface area (Å²) in [6, 6.07) is 0. The molecule has 0 unspecified atom stereocenters. The third kappa shape index (κ3) is 2.96. The van der Waals surface area contributed by atoms with E-state index in [9.17, 15) is 4.79 Å². The van der Waals surface area contributed by atoms with Gasteiger partial charge in [-0.1, -0.05) is 17.3 Å². The van der Waals surface area contributed by atoms with E-state index in [4.69, 9.17) is 20.9 Å². The number of alkyl halides is 1. The maximum Gasteiger partial charge on any atom is 0.360 e. The molecule has 2 heterocycles. The molecule has 0 N–H and O–H groups in total. The van der Waals surface area contributed by atoms with Crippen LogP contribution in [0, 0.1) is 0 Å². The third-order valence-electron chi connectivity index (χ3n) is 2.54. The molecule has 0 amide bonds. The number of esters is 1. The molecule has 0 bridgehead atoms. The van der Waals surface area contributed by atoms with Crippen LogP contribution in [-0.4, -0.2) is 37.7 Å². The summed E-state index contributed by atoms with van der Waals surface area (Å²) < 4.78 is 11.4. The first kappa shape index (κ1) is 14.4. The Kier molecular flexibility index (Phi) is 4.67. The van der Waals surface area contributed by atoms with E-state index in [1.165, 1.54) is 4.68 Å². The van der Waals surface area contributed by atoms with Crippen LogP contribution in [0.4, 0.5) is 0 Å². The van der Waals surface area contributed by atoms with Gasteiger partial charge in [0.15, 0.2) is 11.5 Å². The highest BCUT2D eigenvalue weighted by Gasteiger charge is 2.21. The van der Waals surface area contributed by atoms with Crippen LogP contribution in [0.5, 0.6) is 0 Å². The lowest BCUT2D eigenvalue weighted by atomic mass is 10.3. The zero-order valence-corrected chi connectivity index (χ0v) is 11.9. The van der Waals surface area contributed by atoms with E-state index in [-0.39, 0.29) is 24.7 Å². The van der Waals surface area contributed by atoms with Crippen molar-refractivity contribution in [2.75, 3.05) is 6.61 Å². The molecule has 8 nitrogen and oxygen atoms in total. The molecule has 2 rings (SSSR count). The van der Waals surface area contributed by atoms with Crippen LogP contribution < -0.4 is 0 Å². The standard InChI is InChI=1S/C11H14ClN5O3/c1-3-8-13-9(20-15-8)6-17-7(5-12)10(14-16-17)11(18)19-4-2/h3-6H2,1-2H3. The van der Waals surface area contributed by atoms with Crippen LogP contribution in [0.25, 0.3) is 0 Å². The SMILES string of the molecule is CCOC(=O)c1nnn(Cc2nc(CC)no2)c1CCl. The molecule has 0 saturated carbocycles. The van der Waals surface area contributed by atoms with Crippen molar-refractivity contribution in [1.82, 2.24) is 25.1 Å². The molecule has 0 radical (unpaired) electrons. The van der Waals surface area contributed by atoms with Crippen LogP contribution in [0.2, 0.25) is 0 Å². The molecule has 108 valence electrons. The minimum Gasteiger partial charge on any atom is -0.461 e. The lowest BCUT2D eigenvalue weighted by Gasteiger charge is -2.02. The fourth-order valence-corrected chi connectivity index (χ4v) is 1.84. The number of rotatable bonds is 6. The lowest BCUT2D eigenvalue weighted by Crippen LogP contribution is -2.10.